The normalized spacial score (nSPS) is 28.6. The van der Waals surface area contributed by atoms with Gasteiger partial charge in [-0.15, -0.1) is 0 Å². The van der Waals surface area contributed by atoms with Gasteiger partial charge in [-0.05, 0) is 19.4 Å². The van der Waals surface area contributed by atoms with Crippen LogP contribution in [0.4, 0.5) is 0 Å². The average Bonchev–Trinajstić information content (AvgIpc) is 3.08. The summed E-state index contributed by atoms with van der Waals surface area (Å²) in [6.07, 6.45) is -6.58. The molecule has 2 aliphatic heterocycles. The smallest absolute Gasteiger partial charge is 0.305 e. The van der Waals surface area contributed by atoms with Gasteiger partial charge in [0.1, 0.15) is 24.9 Å². The Balaban J connectivity index is 2.60. The van der Waals surface area contributed by atoms with Crippen LogP contribution in [0.5, 0.6) is 0 Å². The van der Waals surface area contributed by atoms with Gasteiger partial charge in [0.05, 0.1) is 6.61 Å². The second-order valence-corrected chi connectivity index (χ2v) is 13.7. The Morgan fingerprint density at radius 2 is 1.04 bits per heavy atom. The number of hydrogen-bond donors (Lipinski definition) is 2. The molecular formula is C37H59NO18. The standard InChI is InChI=1S/C37H59NO18/c1-21(40)47-20-29-31(48-22(2)41)32(49-23(3)42)34(51-25(5)44)36(53-29)54-30-28(19-39)56-37(55-27(7)46,35(52-26(6)45)33(30)50-24(4)43)17-15-13-11-9-8-10-12-14-16-18-38/h28-36,39H,8-20,38H2,1-7H3/t28-,29-,30-,31+,32+,33+,34-,35-,36+,37?/m1/s1. The minimum Gasteiger partial charge on any atom is -0.463 e. The van der Waals surface area contributed by atoms with E-state index in [9.17, 15) is 38.7 Å². The Hall–Kier alpha value is -3.91. The van der Waals surface area contributed by atoms with Crippen LogP contribution in [0, 0.1) is 0 Å². The number of nitrogens with two attached hydrogens (primary N) is 1. The Morgan fingerprint density at radius 3 is 1.52 bits per heavy atom. The highest BCUT2D eigenvalue weighted by Gasteiger charge is 2.63. The Kier molecular flexibility index (Phi) is 20.7. The molecule has 2 aliphatic rings. The first-order chi connectivity index (χ1) is 26.4. The minimum atomic E-state index is -2.09. The summed E-state index contributed by atoms with van der Waals surface area (Å²) >= 11 is 0. The van der Waals surface area contributed by atoms with Gasteiger partial charge in [0.2, 0.25) is 6.10 Å². The first-order valence-corrected chi connectivity index (χ1v) is 18.9. The highest BCUT2D eigenvalue weighted by molar-refractivity contribution is 5.70. The van der Waals surface area contributed by atoms with Crippen molar-refractivity contribution in [1.29, 1.82) is 0 Å². The van der Waals surface area contributed by atoms with Crippen molar-refractivity contribution in [2.45, 2.75) is 174 Å². The van der Waals surface area contributed by atoms with E-state index in [4.69, 9.17) is 53.1 Å². The fraction of sp³-hybridized carbons (Fsp3) is 0.811. The zero-order valence-corrected chi connectivity index (χ0v) is 33.4. The molecule has 320 valence electrons. The predicted molar refractivity (Wildman–Crippen MR) is 190 cm³/mol. The largest absolute Gasteiger partial charge is 0.463 e. The van der Waals surface area contributed by atoms with Crippen molar-refractivity contribution >= 4 is 41.8 Å². The maximum Gasteiger partial charge on any atom is 0.305 e. The van der Waals surface area contributed by atoms with Crippen molar-refractivity contribution in [3.05, 3.63) is 0 Å². The number of unbranched alkanes of at least 4 members (excludes halogenated alkanes) is 8. The number of ether oxygens (including phenoxy) is 10. The lowest BCUT2D eigenvalue weighted by molar-refractivity contribution is -0.385. The molecule has 2 fully saturated rings. The van der Waals surface area contributed by atoms with Crippen LogP contribution < -0.4 is 5.73 Å². The van der Waals surface area contributed by atoms with E-state index in [0.717, 1.165) is 93.4 Å². The van der Waals surface area contributed by atoms with E-state index in [2.05, 4.69) is 0 Å². The molecular weight excluding hydrogens is 746 g/mol. The molecule has 19 nitrogen and oxygen atoms in total. The lowest BCUT2D eigenvalue weighted by Gasteiger charge is -2.52. The first-order valence-electron chi connectivity index (χ1n) is 18.9. The monoisotopic (exact) mass is 805 g/mol. The van der Waals surface area contributed by atoms with Crippen molar-refractivity contribution in [2.75, 3.05) is 19.8 Å². The first kappa shape index (κ1) is 48.2. The number of rotatable bonds is 22. The van der Waals surface area contributed by atoms with Crippen LogP contribution in [-0.2, 0) is 80.9 Å². The van der Waals surface area contributed by atoms with Gasteiger partial charge in [-0.2, -0.15) is 0 Å². The highest BCUT2D eigenvalue weighted by Crippen LogP contribution is 2.42. The van der Waals surface area contributed by atoms with Gasteiger partial charge in [0.25, 0.3) is 5.79 Å². The van der Waals surface area contributed by atoms with Gasteiger partial charge in [0.15, 0.2) is 30.7 Å². The molecule has 0 radical (unpaired) electrons. The van der Waals surface area contributed by atoms with Crippen LogP contribution in [0.3, 0.4) is 0 Å². The Labute approximate surface area is 326 Å². The Morgan fingerprint density at radius 1 is 0.554 bits per heavy atom. The molecule has 56 heavy (non-hydrogen) atoms. The highest BCUT2D eigenvalue weighted by atomic mass is 16.8. The Bertz CT molecular complexity index is 1330. The number of esters is 7. The molecule has 3 N–H and O–H groups in total. The van der Waals surface area contributed by atoms with Gasteiger partial charge in [-0.1, -0.05) is 44.9 Å². The van der Waals surface area contributed by atoms with E-state index in [-0.39, 0.29) is 6.42 Å². The molecule has 0 aliphatic carbocycles. The van der Waals surface area contributed by atoms with E-state index in [1.807, 2.05) is 0 Å². The number of carbonyl (C=O) groups excluding carboxylic acids is 7. The van der Waals surface area contributed by atoms with Gasteiger partial charge >= 0.3 is 41.8 Å². The van der Waals surface area contributed by atoms with Gasteiger partial charge in [-0.25, -0.2) is 0 Å². The molecule has 0 spiro atoms. The zero-order valence-electron chi connectivity index (χ0n) is 33.4. The molecule has 2 saturated heterocycles. The molecule has 0 aromatic heterocycles. The van der Waals surface area contributed by atoms with Gasteiger partial charge in [0, 0.05) is 54.9 Å². The van der Waals surface area contributed by atoms with Crippen molar-refractivity contribution in [2.24, 2.45) is 5.73 Å². The molecule has 2 rings (SSSR count). The van der Waals surface area contributed by atoms with Crippen LogP contribution in [0.2, 0.25) is 0 Å². The third-order valence-corrected chi connectivity index (χ3v) is 8.83. The van der Waals surface area contributed by atoms with Crippen LogP contribution in [0.15, 0.2) is 0 Å². The van der Waals surface area contributed by atoms with Crippen molar-refractivity contribution < 1.29 is 86.0 Å². The molecule has 0 bridgehead atoms. The zero-order chi connectivity index (χ0) is 42.0. The molecule has 2 heterocycles. The van der Waals surface area contributed by atoms with E-state index in [1.54, 1.807) is 0 Å². The number of aliphatic hydroxyl groups excluding tert-OH is 1. The molecule has 0 aromatic rings. The summed E-state index contributed by atoms with van der Waals surface area (Å²) in [5.74, 6) is -8.13. The van der Waals surface area contributed by atoms with E-state index < -0.39 is 116 Å². The lowest BCUT2D eigenvalue weighted by atomic mass is 9.88. The quantitative estimate of drug-likeness (QED) is 0.0898. The summed E-state index contributed by atoms with van der Waals surface area (Å²) in [4.78, 5) is 86.8. The molecule has 10 atom stereocenters. The predicted octanol–water partition coefficient (Wildman–Crippen LogP) is 1.83. The molecule has 0 amide bonds. The lowest BCUT2D eigenvalue weighted by Crippen LogP contribution is -2.70. The topological polar surface area (TPSA) is 258 Å². The van der Waals surface area contributed by atoms with Crippen molar-refractivity contribution in [1.82, 2.24) is 0 Å². The van der Waals surface area contributed by atoms with Gasteiger partial charge < -0.3 is 58.2 Å². The summed E-state index contributed by atoms with van der Waals surface area (Å²) in [6, 6.07) is 0. The molecule has 0 saturated carbocycles. The molecule has 19 heteroatoms. The second-order valence-electron chi connectivity index (χ2n) is 13.7. The van der Waals surface area contributed by atoms with Crippen LogP contribution in [-0.4, -0.2) is 128 Å². The summed E-state index contributed by atoms with van der Waals surface area (Å²) in [6.45, 7) is 6.71. The van der Waals surface area contributed by atoms with Crippen LogP contribution in [0.1, 0.15) is 113 Å². The fourth-order valence-electron chi connectivity index (χ4n) is 6.77. The molecule has 0 aromatic carbocycles. The van der Waals surface area contributed by atoms with E-state index in [1.165, 1.54) is 0 Å². The van der Waals surface area contributed by atoms with Crippen LogP contribution >= 0.6 is 0 Å². The number of carbonyl (C=O) groups is 7. The minimum absolute atomic E-state index is 0.0545. The number of hydrogen-bond acceptors (Lipinski definition) is 19. The van der Waals surface area contributed by atoms with Crippen LogP contribution in [0.25, 0.3) is 0 Å². The SMILES string of the molecule is CC(=O)OC[C@H]1O[C@@H](O[C@H]2[C@H](OC(C)=O)[C@@H](OC(C)=O)C(CCCCCCCCCCCN)(OC(C)=O)O[C@@H]2CO)[C@H](OC(C)=O)[C@@H](OC(C)=O)[C@H]1OC(C)=O. The fourth-order valence-corrected chi connectivity index (χ4v) is 6.77. The summed E-state index contributed by atoms with van der Waals surface area (Å²) in [5, 5.41) is 10.7. The van der Waals surface area contributed by atoms with E-state index in [0.29, 0.717) is 19.4 Å². The average molecular weight is 806 g/mol. The maximum absolute atomic E-state index is 12.7. The third-order valence-electron chi connectivity index (χ3n) is 8.83. The second kappa shape index (κ2) is 24.0. The van der Waals surface area contributed by atoms with Crippen molar-refractivity contribution in [3.8, 4) is 0 Å². The van der Waals surface area contributed by atoms with E-state index >= 15 is 0 Å². The van der Waals surface area contributed by atoms with Crippen molar-refractivity contribution in [3.63, 3.8) is 0 Å². The third kappa shape index (κ3) is 15.6. The maximum atomic E-state index is 12.7. The number of aliphatic hydroxyl groups is 1. The summed E-state index contributed by atoms with van der Waals surface area (Å²) in [7, 11) is 0. The molecule has 1 unspecified atom stereocenters. The van der Waals surface area contributed by atoms with Gasteiger partial charge in [-0.3, -0.25) is 33.6 Å². The summed E-state index contributed by atoms with van der Waals surface area (Å²) in [5.41, 5.74) is 5.57. The summed E-state index contributed by atoms with van der Waals surface area (Å²) < 4.78 is 57.3.